The number of carbonyl (C=O) groups excluding carboxylic acids is 1. The standard InChI is InChI=1S/C26H26N4O4S/c1-17-15-22(35(32,33)29-13-11-28(2)12-14-29)30(23(17)25(27)31)26-16-18-7-3-4-8-19(18)24(26)34-21-10-6-5-9-20(21)26/h3-10,15-16H,11-14H2,1-2H3,(H2,27,31). The van der Waals surface area contributed by atoms with Gasteiger partial charge in [0.05, 0.1) is 0 Å². The van der Waals surface area contributed by atoms with Gasteiger partial charge in [0.2, 0.25) is 0 Å². The second-order valence-electron chi connectivity index (χ2n) is 9.35. The van der Waals surface area contributed by atoms with E-state index in [0.717, 1.165) is 16.0 Å². The van der Waals surface area contributed by atoms with E-state index in [2.05, 4.69) is 4.90 Å². The SMILES string of the molecule is Cc1cc(S(=O)(=O)N2CCN(C)CC2)n(C23C=c4ccccc4=C2Oc2ccccc23)c1C(N)=O. The van der Waals surface area contributed by atoms with Crippen LogP contribution in [0.1, 0.15) is 21.6 Å². The predicted octanol–water partition coefficient (Wildman–Crippen LogP) is 0.570. The van der Waals surface area contributed by atoms with Crippen molar-refractivity contribution in [2.24, 2.45) is 5.73 Å². The van der Waals surface area contributed by atoms with Crippen molar-refractivity contribution in [2.75, 3.05) is 33.2 Å². The van der Waals surface area contributed by atoms with Crippen LogP contribution in [0.3, 0.4) is 0 Å². The summed E-state index contributed by atoms with van der Waals surface area (Å²) >= 11 is 0. The lowest BCUT2D eigenvalue weighted by Gasteiger charge is -2.34. The van der Waals surface area contributed by atoms with Gasteiger partial charge in [-0.1, -0.05) is 42.5 Å². The molecule has 1 fully saturated rings. The average molecular weight is 491 g/mol. The van der Waals surface area contributed by atoms with E-state index in [1.807, 2.05) is 61.7 Å². The number of ether oxygens (including phenoxy) is 1. The summed E-state index contributed by atoms with van der Waals surface area (Å²) in [5, 5.41) is 1.80. The van der Waals surface area contributed by atoms with Crippen molar-refractivity contribution in [2.45, 2.75) is 17.5 Å². The maximum Gasteiger partial charge on any atom is 0.265 e. The third-order valence-electron chi connectivity index (χ3n) is 7.24. The number of aryl methyl sites for hydroxylation is 1. The Balaban J connectivity index is 1.70. The summed E-state index contributed by atoms with van der Waals surface area (Å²) < 4.78 is 37.7. The number of rotatable bonds is 4. The molecular weight excluding hydrogens is 464 g/mol. The molecule has 3 aliphatic rings. The summed E-state index contributed by atoms with van der Waals surface area (Å²) in [6, 6.07) is 16.8. The Labute approximate surface area is 203 Å². The topological polar surface area (TPSA) is 97.9 Å². The summed E-state index contributed by atoms with van der Waals surface area (Å²) in [6.07, 6.45) is 1.98. The fourth-order valence-corrected chi connectivity index (χ4v) is 7.24. The number of hydrogen-bond acceptors (Lipinski definition) is 5. The van der Waals surface area contributed by atoms with E-state index in [-0.39, 0.29) is 10.7 Å². The highest BCUT2D eigenvalue weighted by atomic mass is 32.2. The molecule has 2 aliphatic heterocycles. The van der Waals surface area contributed by atoms with Crippen molar-refractivity contribution < 1.29 is 17.9 Å². The minimum atomic E-state index is -3.95. The molecule has 1 saturated heterocycles. The van der Waals surface area contributed by atoms with Crippen LogP contribution in [0.4, 0.5) is 0 Å². The van der Waals surface area contributed by atoms with Gasteiger partial charge >= 0.3 is 0 Å². The van der Waals surface area contributed by atoms with Crippen LogP contribution in [0.15, 0.2) is 59.6 Å². The Bertz CT molecular complexity index is 1620. The Morgan fingerprint density at radius 2 is 1.71 bits per heavy atom. The van der Waals surface area contributed by atoms with Gasteiger partial charge in [-0.15, -0.1) is 0 Å². The first kappa shape index (κ1) is 22.1. The molecule has 0 saturated carbocycles. The number of carbonyl (C=O) groups is 1. The first-order valence-electron chi connectivity index (χ1n) is 11.6. The molecule has 1 atom stereocenters. The molecule has 9 heteroatoms. The van der Waals surface area contributed by atoms with Crippen LogP contribution in [0.25, 0.3) is 11.8 Å². The van der Waals surface area contributed by atoms with Crippen LogP contribution < -0.4 is 20.9 Å². The van der Waals surface area contributed by atoms with Crippen molar-refractivity contribution in [1.82, 2.24) is 13.8 Å². The van der Waals surface area contributed by atoms with E-state index >= 15 is 0 Å². The smallest absolute Gasteiger partial charge is 0.265 e. The maximum absolute atomic E-state index is 14.1. The lowest BCUT2D eigenvalue weighted by molar-refractivity contribution is 0.0988. The fourth-order valence-electron chi connectivity index (χ4n) is 5.54. The Morgan fingerprint density at radius 1 is 1.03 bits per heavy atom. The van der Waals surface area contributed by atoms with Crippen LogP contribution in [0, 0.1) is 6.92 Å². The third-order valence-corrected chi connectivity index (χ3v) is 9.11. The summed E-state index contributed by atoms with van der Waals surface area (Å²) in [6.45, 7) is 3.73. The number of nitrogens with two attached hydrogens (primary N) is 1. The predicted molar refractivity (Wildman–Crippen MR) is 132 cm³/mol. The molecule has 0 spiro atoms. The molecule has 2 N–H and O–H groups in total. The van der Waals surface area contributed by atoms with Gasteiger partial charge in [0.1, 0.15) is 17.2 Å². The van der Waals surface area contributed by atoms with Gasteiger partial charge in [-0.2, -0.15) is 4.31 Å². The number of aromatic nitrogens is 1. The number of piperazine rings is 1. The van der Waals surface area contributed by atoms with Gasteiger partial charge in [-0.3, -0.25) is 4.79 Å². The zero-order valence-electron chi connectivity index (χ0n) is 19.6. The number of fused-ring (bicyclic) bond motifs is 4. The van der Waals surface area contributed by atoms with E-state index in [9.17, 15) is 13.2 Å². The maximum atomic E-state index is 14.1. The number of hydrogen-bond donors (Lipinski definition) is 1. The van der Waals surface area contributed by atoms with E-state index in [0.29, 0.717) is 43.3 Å². The lowest BCUT2D eigenvalue weighted by Crippen LogP contribution is -2.48. The number of likely N-dealkylation sites (N-methyl/N-ethyl adjacent to an activating group) is 1. The molecule has 180 valence electrons. The monoisotopic (exact) mass is 490 g/mol. The van der Waals surface area contributed by atoms with Crippen molar-refractivity contribution in [1.29, 1.82) is 0 Å². The Hall–Kier alpha value is -3.40. The number of sulfonamides is 1. The minimum Gasteiger partial charge on any atom is -0.457 e. The lowest BCUT2D eigenvalue weighted by atomic mass is 9.90. The summed E-state index contributed by atoms with van der Waals surface area (Å²) in [5.41, 5.74) is 6.17. The largest absolute Gasteiger partial charge is 0.457 e. The van der Waals surface area contributed by atoms with Crippen LogP contribution in [0.2, 0.25) is 0 Å². The Kier molecular flexibility index (Phi) is 4.76. The fraction of sp³-hybridized carbons (Fsp3) is 0.269. The summed E-state index contributed by atoms with van der Waals surface area (Å²) in [5.74, 6) is 0.505. The second kappa shape index (κ2) is 7.55. The number of amides is 1. The van der Waals surface area contributed by atoms with E-state index in [1.165, 1.54) is 4.31 Å². The van der Waals surface area contributed by atoms with Gasteiger partial charge in [0.25, 0.3) is 15.9 Å². The molecule has 1 aromatic heterocycles. The molecule has 0 radical (unpaired) electrons. The number of para-hydroxylation sites is 1. The van der Waals surface area contributed by atoms with Crippen molar-refractivity contribution >= 4 is 27.8 Å². The number of primary amides is 1. The third kappa shape index (κ3) is 2.98. The van der Waals surface area contributed by atoms with E-state index in [1.54, 1.807) is 17.6 Å². The molecule has 35 heavy (non-hydrogen) atoms. The number of nitrogens with zero attached hydrogens (tertiary/aromatic N) is 3. The molecule has 1 amide bonds. The van der Waals surface area contributed by atoms with Crippen LogP contribution in [-0.2, 0) is 15.6 Å². The molecule has 2 aromatic carbocycles. The van der Waals surface area contributed by atoms with Gasteiger partial charge in [-0.25, -0.2) is 8.42 Å². The van der Waals surface area contributed by atoms with Gasteiger partial charge in [0.15, 0.2) is 10.6 Å². The highest BCUT2D eigenvalue weighted by Crippen LogP contribution is 2.51. The van der Waals surface area contributed by atoms with Crippen molar-refractivity contribution in [3.8, 4) is 5.75 Å². The molecule has 0 bridgehead atoms. The highest BCUT2D eigenvalue weighted by molar-refractivity contribution is 7.89. The van der Waals surface area contributed by atoms with Crippen LogP contribution in [-0.4, -0.2) is 61.3 Å². The first-order chi connectivity index (χ1) is 16.7. The van der Waals surface area contributed by atoms with E-state index in [4.69, 9.17) is 10.5 Å². The average Bonchev–Trinajstić information content (AvgIpc) is 3.46. The molecule has 1 unspecified atom stereocenters. The van der Waals surface area contributed by atoms with Crippen molar-refractivity contribution in [3.05, 3.63) is 81.9 Å². The van der Waals surface area contributed by atoms with Gasteiger partial charge in [-0.05, 0) is 43.0 Å². The van der Waals surface area contributed by atoms with Gasteiger partial charge < -0.3 is 19.9 Å². The normalized spacial score (nSPS) is 21.7. The van der Waals surface area contributed by atoms with Crippen LogP contribution in [0.5, 0.6) is 5.75 Å². The minimum absolute atomic E-state index is 0.0372. The zero-order valence-corrected chi connectivity index (χ0v) is 20.4. The van der Waals surface area contributed by atoms with Crippen molar-refractivity contribution in [3.63, 3.8) is 0 Å². The molecule has 8 nitrogen and oxygen atoms in total. The molecular formula is C26H26N4O4S. The molecule has 3 heterocycles. The van der Waals surface area contributed by atoms with Crippen LogP contribution >= 0.6 is 0 Å². The first-order valence-corrected chi connectivity index (χ1v) is 13.0. The molecule has 1 aliphatic carbocycles. The second-order valence-corrected chi connectivity index (χ2v) is 11.2. The van der Waals surface area contributed by atoms with E-state index < -0.39 is 21.5 Å². The summed E-state index contributed by atoms with van der Waals surface area (Å²) in [4.78, 5) is 14.9. The number of benzene rings is 2. The van der Waals surface area contributed by atoms with Gasteiger partial charge in [0, 0.05) is 37.0 Å². The summed E-state index contributed by atoms with van der Waals surface area (Å²) in [7, 11) is -1.98. The Morgan fingerprint density at radius 3 is 2.46 bits per heavy atom. The highest BCUT2D eigenvalue weighted by Gasteiger charge is 2.52. The zero-order chi connectivity index (χ0) is 24.5. The molecule has 6 rings (SSSR count). The molecule has 3 aromatic rings. The quantitative estimate of drug-likeness (QED) is 0.577.